The normalized spacial score (nSPS) is 17.8. The number of primary sulfonamides is 1. The van der Waals surface area contributed by atoms with Gasteiger partial charge in [0.05, 0.1) is 9.82 Å². The summed E-state index contributed by atoms with van der Waals surface area (Å²) >= 11 is 0. The molecular formula is C15H22N4O6S. The molecule has 1 aliphatic heterocycles. The van der Waals surface area contributed by atoms with Gasteiger partial charge in [0.2, 0.25) is 10.0 Å². The number of amides is 1. The minimum absolute atomic E-state index is 0.165. The summed E-state index contributed by atoms with van der Waals surface area (Å²) in [6, 6.07) is 3.19. The Morgan fingerprint density at radius 2 is 2.08 bits per heavy atom. The molecule has 1 amide bonds. The Morgan fingerprint density at radius 3 is 2.62 bits per heavy atom. The van der Waals surface area contributed by atoms with Gasteiger partial charge in [-0.15, -0.1) is 0 Å². The van der Waals surface area contributed by atoms with E-state index in [0.29, 0.717) is 19.5 Å². The maximum absolute atomic E-state index is 12.1. The number of nitrogens with two attached hydrogens (primary N) is 1. The van der Waals surface area contributed by atoms with Gasteiger partial charge in [-0.2, -0.15) is 0 Å². The average molecular weight is 386 g/mol. The smallest absolute Gasteiger partial charge is 0.410 e. The molecule has 0 radical (unpaired) electrons. The number of nitro benzene ring substituents is 1. The van der Waals surface area contributed by atoms with E-state index in [-0.39, 0.29) is 16.6 Å². The minimum Gasteiger partial charge on any atom is -0.444 e. The van der Waals surface area contributed by atoms with Crippen molar-refractivity contribution in [1.82, 2.24) is 4.90 Å². The third-order valence-corrected chi connectivity index (χ3v) is 4.60. The highest BCUT2D eigenvalue weighted by Crippen LogP contribution is 2.29. The first-order chi connectivity index (χ1) is 11.9. The van der Waals surface area contributed by atoms with Crippen molar-refractivity contribution < 1.29 is 22.9 Å². The number of benzene rings is 1. The number of hydrogen-bond acceptors (Lipinski definition) is 7. The van der Waals surface area contributed by atoms with Gasteiger partial charge >= 0.3 is 6.09 Å². The fraction of sp³-hybridized carbons (Fsp3) is 0.533. The third-order valence-electron chi connectivity index (χ3n) is 3.69. The van der Waals surface area contributed by atoms with Crippen LogP contribution in [0.4, 0.5) is 16.2 Å². The Balaban J connectivity index is 2.12. The second kappa shape index (κ2) is 7.08. The molecule has 10 nitrogen and oxygen atoms in total. The van der Waals surface area contributed by atoms with E-state index in [1.54, 1.807) is 20.8 Å². The summed E-state index contributed by atoms with van der Waals surface area (Å²) in [5, 5.41) is 19.3. The van der Waals surface area contributed by atoms with E-state index in [0.717, 1.165) is 6.07 Å². The first-order valence-electron chi connectivity index (χ1n) is 7.92. The van der Waals surface area contributed by atoms with Crippen LogP contribution < -0.4 is 10.5 Å². The number of rotatable bonds is 4. The number of sulfonamides is 1. The Hall–Kier alpha value is -2.40. The maximum atomic E-state index is 12.1. The topological polar surface area (TPSA) is 145 Å². The second-order valence-electron chi connectivity index (χ2n) is 7.04. The van der Waals surface area contributed by atoms with E-state index in [4.69, 9.17) is 9.88 Å². The molecular weight excluding hydrogens is 364 g/mol. The van der Waals surface area contributed by atoms with Gasteiger partial charge in [0.15, 0.2) is 0 Å². The molecule has 1 aliphatic rings. The number of nitrogens with zero attached hydrogens (tertiary/aromatic N) is 2. The number of likely N-dealkylation sites (tertiary alicyclic amines) is 1. The van der Waals surface area contributed by atoms with Crippen molar-refractivity contribution >= 4 is 27.5 Å². The van der Waals surface area contributed by atoms with E-state index >= 15 is 0 Å². The van der Waals surface area contributed by atoms with Gasteiger partial charge in [-0.3, -0.25) is 10.1 Å². The van der Waals surface area contributed by atoms with Crippen molar-refractivity contribution in [3.63, 3.8) is 0 Å². The SMILES string of the molecule is CC(C)(C)OC(=O)N1CCC(Nc2ccc(S(N)(=O)=O)cc2[N+](=O)[O-])C1. The molecule has 0 aliphatic carbocycles. The van der Waals surface area contributed by atoms with Crippen molar-refractivity contribution in [2.24, 2.45) is 5.14 Å². The summed E-state index contributed by atoms with van der Waals surface area (Å²) < 4.78 is 28.1. The largest absolute Gasteiger partial charge is 0.444 e. The van der Waals surface area contributed by atoms with Crippen LogP contribution in [0.2, 0.25) is 0 Å². The molecule has 0 bridgehead atoms. The van der Waals surface area contributed by atoms with Crippen LogP contribution in [-0.4, -0.2) is 49.1 Å². The van der Waals surface area contributed by atoms with E-state index in [9.17, 15) is 23.3 Å². The first kappa shape index (κ1) is 19.9. The molecule has 3 N–H and O–H groups in total. The molecule has 1 fully saturated rings. The number of ether oxygens (including phenoxy) is 1. The first-order valence-corrected chi connectivity index (χ1v) is 9.47. The zero-order valence-corrected chi connectivity index (χ0v) is 15.6. The minimum atomic E-state index is -4.04. The van der Waals surface area contributed by atoms with Gasteiger partial charge in [-0.05, 0) is 39.3 Å². The molecule has 1 atom stereocenters. The lowest BCUT2D eigenvalue weighted by Gasteiger charge is -2.24. The monoisotopic (exact) mass is 386 g/mol. The van der Waals surface area contributed by atoms with E-state index in [1.807, 2.05) is 0 Å². The fourth-order valence-corrected chi connectivity index (χ4v) is 3.09. The summed E-state index contributed by atoms with van der Waals surface area (Å²) in [4.78, 5) is 23.8. The molecule has 2 rings (SSSR count). The van der Waals surface area contributed by atoms with Crippen molar-refractivity contribution in [1.29, 1.82) is 0 Å². The standard InChI is InChI=1S/C15H22N4O6S/c1-15(2,3)25-14(20)18-7-6-10(9-18)17-12-5-4-11(26(16,23)24)8-13(12)19(21)22/h4-5,8,10,17H,6-7,9H2,1-3H3,(H2,16,23,24). The lowest BCUT2D eigenvalue weighted by atomic mass is 10.2. The molecule has 1 unspecified atom stereocenters. The number of nitro groups is 1. The predicted molar refractivity (Wildman–Crippen MR) is 94.3 cm³/mol. The van der Waals surface area contributed by atoms with Crippen LogP contribution in [0.3, 0.4) is 0 Å². The Bertz CT molecular complexity index is 818. The molecule has 26 heavy (non-hydrogen) atoms. The summed E-state index contributed by atoms with van der Waals surface area (Å²) in [6.07, 6.45) is 0.133. The maximum Gasteiger partial charge on any atom is 0.410 e. The second-order valence-corrected chi connectivity index (χ2v) is 8.60. The summed E-state index contributed by atoms with van der Waals surface area (Å²) in [6.45, 7) is 6.09. The summed E-state index contributed by atoms with van der Waals surface area (Å²) in [5.41, 5.74) is -0.837. The number of anilines is 1. The Kier molecular flexibility index (Phi) is 5.42. The Morgan fingerprint density at radius 1 is 1.42 bits per heavy atom. The van der Waals surface area contributed by atoms with Crippen molar-refractivity contribution in [2.45, 2.75) is 43.7 Å². The van der Waals surface area contributed by atoms with Crippen LogP contribution >= 0.6 is 0 Å². The molecule has 0 spiro atoms. The number of nitrogens with one attached hydrogen (secondary N) is 1. The van der Waals surface area contributed by atoms with Crippen LogP contribution in [-0.2, 0) is 14.8 Å². The molecule has 1 aromatic carbocycles. The van der Waals surface area contributed by atoms with Crippen molar-refractivity contribution in [3.05, 3.63) is 28.3 Å². The zero-order chi connectivity index (χ0) is 19.7. The summed E-state index contributed by atoms with van der Waals surface area (Å²) in [5.74, 6) is 0. The van der Waals surface area contributed by atoms with Gasteiger partial charge in [0.25, 0.3) is 5.69 Å². The predicted octanol–water partition coefficient (Wildman–Crippen LogP) is 1.66. The molecule has 1 heterocycles. The van der Waals surface area contributed by atoms with Gasteiger partial charge in [-0.25, -0.2) is 18.4 Å². The van der Waals surface area contributed by atoms with Crippen LogP contribution in [0, 0.1) is 10.1 Å². The van der Waals surface area contributed by atoms with Gasteiger partial charge in [0.1, 0.15) is 11.3 Å². The summed E-state index contributed by atoms with van der Waals surface area (Å²) in [7, 11) is -4.04. The Labute approximate surface area is 151 Å². The van der Waals surface area contributed by atoms with Crippen LogP contribution in [0.5, 0.6) is 0 Å². The average Bonchev–Trinajstić information content (AvgIpc) is 2.93. The number of hydrogen-bond donors (Lipinski definition) is 2. The van der Waals surface area contributed by atoms with Crippen LogP contribution in [0.25, 0.3) is 0 Å². The zero-order valence-electron chi connectivity index (χ0n) is 14.8. The van der Waals surface area contributed by atoms with E-state index < -0.39 is 32.3 Å². The molecule has 0 aromatic heterocycles. The van der Waals surface area contributed by atoms with Gasteiger partial charge in [-0.1, -0.05) is 0 Å². The van der Waals surface area contributed by atoms with Crippen molar-refractivity contribution in [3.8, 4) is 0 Å². The molecule has 144 valence electrons. The quantitative estimate of drug-likeness (QED) is 0.591. The molecule has 1 saturated heterocycles. The van der Waals surface area contributed by atoms with Crippen LogP contribution in [0.15, 0.2) is 23.1 Å². The lowest BCUT2D eigenvalue weighted by molar-refractivity contribution is -0.384. The van der Waals surface area contributed by atoms with E-state index in [1.165, 1.54) is 17.0 Å². The molecule has 0 saturated carbocycles. The third kappa shape index (κ3) is 5.05. The highest BCUT2D eigenvalue weighted by molar-refractivity contribution is 7.89. The van der Waals surface area contributed by atoms with Crippen molar-refractivity contribution in [2.75, 3.05) is 18.4 Å². The fourth-order valence-electron chi connectivity index (χ4n) is 2.55. The number of carbonyl (C=O) groups is 1. The molecule has 11 heteroatoms. The van der Waals surface area contributed by atoms with Crippen LogP contribution in [0.1, 0.15) is 27.2 Å². The van der Waals surface area contributed by atoms with E-state index in [2.05, 4.69) is 5.32 Å². The van der Waals surface area contributed by atoms with Gasteiger partial charge < -0.3 is 15.0 Å². The highest BCUT2D eigenvalue weighted by Gasteiger charge is 2.31. The molecule has 1 aromatic rings. The number of carbonyl (C=O) groups excluding carboxylic acids is 1. The van der Waals surface area contributed by atoms with Gasteiger partial charge in [0, 0.05) is 25.2 Å². The highest BCUT2D eigenvalue weighted by atomic mass is 32.2. The lowest BCUT2D eigenvalue weighted by Crippen LogP contribution is -2.36.